The number of piperidine rings is 1. The maximum atomic E-state index is 6.26. The fraction of sp³-hybridized carbons (Fsp3) is 0.600. The molecule has 2 rings (SSSR count). The molecule has 1 heterocycles. The minimum Gasteiger partial charge on any atom is -0.327 e. The number of likely N-dealkylation sites (tertiary alicyclic amines) is 1. The van der Waals surface area contributed by atoms with Crippen molar-refractivity contribution in [1.29, 1.82) is 0 Å². The van der Waals surface area contributed by atoms with Crippen molar-refractivity contribution in [2.45, 2.75) is 38.8 Å². The molecule has 2 nitrogen and oxygen atoms in total. The van der Waals surface area contributed by atoms with Gasteiger partial charge in [0.05, 0.1) is 0 Å². The van der Waals surface area contributed by atoms with Gasteiger partial charge in [0.15, 0.2) is 0 Å². The van der Waals surface area contributed by atoms with Crippen LogP contribution in [0.1, 0.15) is 25.8 Å². The topological polar surface area (TPSA) is 29.3 Å². The number of rotatable bonds is 3. The molecule has 1 aromatic carbocycles. The van der Waals surface area contributed by atoms with Crippen molar-refractivity contribution in [2.24, 2.45) is 11.7 Å². The van der Waals surface area contributed by atoms with Crippen LogP contribution >= 0.6 is 0 Å². The summed E-state index contributed by atoms with van der Waals surface area (Å²) in [4.78, 5) is 2.55. The molecule has 17 heavy (non-hydrogen) atoms. The third kappa shape index (κ3) is 3.30. The van der Waals surface area contributed by atoms with E-state index in [0.717, 1.165) is 25.9 Å². The van der Waals surface area contributed by atoms with Gasteiger partial charge in [-0.15, -0.1) is 0 Å². The van der Waals surface area contributed by atoms with Gasteiger partial charge in [-0.3, -0.25) is 0 Å². The zero-order valence-electron chi connectivity index (χ0n) is 11.0. The Labute approximate surface area is 105 Å². The normalized spacial score (nSPS) is 26.4. The lowest BCUT2D eigenvalue weighted by atomic mass is 9.87. The molecule has 0 bridgehead atoms. The quantitative estimate of drug-likeness (QED) is 0.866. The molecule has 1 aromatic rings. The molecule has 0 saturated carbocycles. The van der Waals surface area contributed by atoms with E-state index in [2.05, 4.69) is 49.1 Å². The fourth-order valence-electron chi connectivity index (χ4n) is 2.68. The summed E-state index contributed by atoms with van der Waals surface area (Å²) in [6, 6.07) is 11.7. The van der Waals surface area contributed by atoms with Crippen molar-refractivity contribution < 1.29 is 0 Å². The van der Waals surface area contributed by atoms with Gasteiger partial charge in [-0.25, -0.2) is 0 Å². The summed E-state index contributed by atoms with van der Waals surface area (Å²) in [6.45, 7) is 6.85. The van der Waals surface area contributed by atoms with E-state index < -0.39 is 0 Å². The third-order valence-corrected chi connectivity index (χ3v) is 3.90. The lowest BCUT2D eigenvalue weighted by Crippen LogP contribution is -2.50. The second-order valence-electron chi connectivity index (χ2n) is 5.49. The van der Waals surface area contributed by atoms with Gasteiger partial charge in [-0.05, 0) is 44.7 Å². The molecule has 1 aliphatic heterocycles. The molecule has 0 radical (unpaired) electrons. The first-order chi connectivity index (χ1) is 8.16. The molecule has 0 aliphatic carbocycles. The number of hydrogen-bond donors (Lipinski definition) is 1. The Balaban J connectivity index is 1.99. The van der Waals surface area contributed by atoms with Crippen molar-refractivity contribution in [3.8, 4) is 0 Å². The molecule has 0 unspecified atom stereocenters. The summed E-state index contributed by atoms with van der Waals surface area (Å²) < 4.78 is 0. The Morgan fingerprint density at radius 1 is 1.29 bits per heavy atom. The number of hydrogen-bond acceptors (Lipinski definition) is 2. The third-order valence-electron chi connectivity index (χ3n) is 3.90. The van der Waals surface area contributed by atoms with Gasteiger partial charge in [-0.2, -0.15) is 0 Å². The van der Waals surface area contributed by atoms with Crippen LogP contribution in [0.15, 0.2) is 30.3 Å². The van der Waals surface area contributed by atoms with Crippen LogP contribution in [0.5, 0.6) is 0 Å². The van der Waals surface area contributed by atoms with E-state index >= 15 is 0 Å². The average molecular weight is 232 g/mol. The molecular weight excluding hydrogens is 208 g/mol. The van der Waals surface area contributed by atoms with Crippen LogP contribution in [0.3, 0.4) is 0 Å². The zero-order valence-corrected chi connectivity index (χ0v) is 11.0. The molecule has 1 saturated heterocycles. The molecule has 1 fully saturated rings. The Kier molecular flexibility index (Phi) is 4.19. The largest absolute Gasteiger partial charge is 0.327 e. The Morgan fingerprint density at radius 3 is 2.65 bits per heavy atom. The highest BCUT2D eigenvalue weighted by Gasteiger charge is 2.27. The van der Waals surface area contributed by atoms with Crippen LogP contribution in [0, 0.1) is 5.92 Å². The smallest absolute Gasteiger partial charge is 0.00947 e. The van der Waals surface area contributed by atoms with Crippen molar-refractivity contribution in [2.75, 3.05) is 13.1 Å². The summed E-state index contributed by atoms with van der Waals surface area (Å²) in [5.41, 5.74) is 7.68. The first-order valence-corrected chi connectivity index (χ1v) is 6.70. The molecule has 2 N–H and O–H groups in total. The molecule has 0 spiro atoms. The second kappa shape index (κ2) is 5.65. The van der Waals surface area contributed by atoms with Crippen molar-refractivity contribution >= 4 is 0 Å². The summed E-state index contributed by atoms with van der Waals surface area (Å²) in [6.07, 6.45) is 2.25. The Bertz CT molecular complexity index is 334. The fourth-order valence-corrected chi connectivity index (χ4v) is 2.68. The van der Waals surface area contributed by atoms with Crippen molar-refractivity contribution in [1.82, 2.24) is 4.90 Å². The lowest BCUT2D eigenvalue weighted by Gasteiger charge is -2.39. The SMILES string of the molecule is CC(C)N1CC[C@H](N)[C@H](Cc2ccccc2)C1. The van der Waals surface area contributed by atoms with E-state index in [1.807, 2.05) is 0 Å². The molecule has 2 atom stereocenters. The maximum absolute atomic E-state index is 6.26. The molecule has 0 aromatic heterocycles. The van der Waals surface area contributed by atoms with Crippen molar-refractivity contribution in [3.63, 3.8) is 0 Å². The molecule has 2 heteroatoms. The summed E-state index contributed by atoms with van der Waals surface area (Å²) in [5.74, 6) is 0.605. The number of benzene rings is 1. The lowest BCUT2D eigenvalue weighted by molar-refractivity contribution is 0.123. The van der Waals surface area contributed by atoms with Gasteiger partial charge < -0.3 is 10.6 Å². The highest BCUT2D eigenvalue weighted by Crippen LogP contribution is 2.21. The van der Waals surface area contributed by atoms with Gasteiger partial charge in [0.25, 0.3) is 0 Å². The first-order valence-electron chi connectivity index (χ1n) is 6.70. The van der Waals surface area contributed by atoms with Crippen LogP contribution in [0.4, 0.5) is 0 Å². The summed E-state index contributed by atoms with van der Waals surface area (Å²) >= 11 is 0. The van der Waals surface area contributed by atoms with Crippen LogP contribution in [-0.4, -0.2) is 30.1 Å². The highest BCUT2D eigenvalue weighted by atomic mass is 15.2. The Hall–Kier alpha value is -0.860. The Morgan fingerprint density at radius 2 is 2.00 bits per heavy atom. The summed E-state index contributed by atoms with van der Waals surface area (Å²) in [5, 5.41) is 0. The summed E-state index contributed by atoms with van der Waals surface area (Å²) in [7, 11) is 0. The van der Waals surface area contributed by atoms with Crippen molar-refractivity contribution in [3.05, 3.63) is 35.9 Å². The minimum absolute atomic E-state index is 0.366. The minimum atomic E-state index is 0.366. The van der Waals surface area contributed by atoms with Gasteiger partial charge in [0, 0.05) is 18.6 Å². The van der Waals surface area contributed by atoms with Crippen LogP contribution in [0.25, 0.3) is 0 Å². The van der Waals surface area contributed by atoms with Gasteiger partial charge in [0.2, 0.25) is 0 Å². The van der Waals surface area contributed by atoms with Crippen LogP contribution < -0.4 is 5.73 Å². The standard InChI is InChI=1S/C15H24N2/c1-12(2)17-9-8-15(16)14(11-17)10-13-6-4-3-5-7-13/h3-7,12,14-15H,8-11,16H2,1-2H3/t14-,15+/m1/s1. The van der Waals surface area contributed by atoms with E-state index in [9.17, 15) is 0 Å². The average Bonchev–Trinajstić information content (AvgIpc) is 2.33. The highest BCUT2D eigenvalue weighted by molar-refractivity contribution is 5.16. The first kappa shape index (κ1) is 12.6. The van der Waals surface area contributed by atoms with E-state index in [4.69, 9.17) is 5.73 Å². The zero-order chi connectivity index (χ0) is 12.3. The van der Waals surface area contributed by atoms with E-state index in [0.29, 0.717) is 18.0 Å². The van der Waals surface area contributed by atoms with Gasteiger partial charge in [0.1, 0.15) is 0 Å². The predicted molar refractivity (Wildman–Crippen MR) is 72.9 cm³/mol. The van der Waals surface area contributed by atoms with E-state index in [-0.39, 0.29) is 0 Å². The maximum Gasteiger partial charge on any atom is 0.00947 e. The molecular formula is C15H24N2. The van der Waals surface area contributed by atoms with Crippen LogP contribution in [-0.2, 0) is 6.42 Å². The molecule has 0 amide bonds. The predicted octanol–water partition coefficient (Wildman–Crippen LogP) is 2.29. The van der Waals surface area contributed by atoms with Gasteiger partial charge >= 0.3 is 0 Å². The monoisotopic (exact) mass is 232 g/mol. The molecule has 94 valence electrons. The second-order valence-corrected chi connectivity index (χ2v) is 5.49. The number of nitrogens with zero attached hydrogens (tertiary/aromatic N) is 1. The van der Waals surface area contributed by atoms with E-state index in [1.165, 1.54) is 5.56 Å². The van der Waals surface area contributed by atoms with Gasteiger partial charge in [-0.1, -0.05) is 30.3 Å². The van der Waals surface area contributed by atoms with Crippen LogP contribution in [0.2, 0.25) is 0 Å². The van der Waals surface area contributed by atoms with E-state index in [1.54, 1.807) is 0 Å². The number of nitrogens with two attached hydrogens (primary N) is 1. The molecule has 1 aliphatic rings.